The Morgan fingerprint density at radius 2 is 1.67 bits per heavy atom. The Hall–Kier alpha value is -2.99. The number of hydrogen-bond donors (Lipinski definition) is 1. The lowest BCUT2D eigenvalue weighted by Crippen LogP contribution is -2.25. The smallest absolute Gasteiger partial charge is 0.273 e. The van der Waals surface area contributed by atoms with E-state index < -0.39 is 0 Å². The second kappa shape index (κ2) is 8.14. The Balaban J connectivity index is 1.40. The molecule has 0 spiro atoms. The molecule has 1 fully saturated rings. The lowest BCUT2D eigenvalue weighted by molar-refractivity contribution is 0.0945. The maximum absolute atomic E-state index is 12.5. The van der Waals surface area contributed by atoms with Crippen molar-refractivity contribution in [3.05, 3.63) is 77.6 Å². The molecule has 6 nitrogen and oxygen atoms in total. The lowest BCUT2D eigenvalue weighted by atomic mass is 10.1. The molecule has 0 atom stereocenters. The number of amides is 1. The molecule has 1 aromatic heterocycles. The Bertz CT molecular complexity index is 900. The monoisotopic (exact) mass is 361 g/mol. The molecule has 2 heterocycles. The summed E-state index contributed by atoms with van der Waals surface area (Å²) in [6.07, 6.45) is 4.05. The average molecular weight is 361 g/mol. The average Bonchev–Trinajstić information content (AvgIpc) is 3.40. The van der Waals surface area contributed by atoms with Gasteiger partial charge in [0.15, 0.2) is 5.69 Å². The maximum Gasteiger partial charge on any atom is 0.273 e. The van der Waals surface area contributed by atoms with E-state index in [4.69, 9.17) is 0 Å². The Morgan fingerprint density at radius 3 is 2.44 bits per heavy atom. The SMILES string of the molecule is O=C(NCc1ccccc1CN1CCCC1)c1cnn(-c2ccccc2)n1. The van der Waals surface area contributed by atoms with Gasteiger partial charge in [0, 0.05) is 13.1 Å². The highest BCUT2D eigenvalue weighted by molar-refractivity contribution is 5.91. The first kappa shape index (κ1) is 17.4. The lowest BCUT2D eigenvalue weighted by Gasteiger charge is -2.17. The standard InChI is InChI=1S/C21H23N5O/c27-21(20-15-23-26(24-20)19-10-2-1-3-11-19)22-14-17-8-4-5-9-18(17)16-25-12-6-7-13-25/h1-5,8-11,15H,6-7,12-14,16H2,(H,22,27). The number of para-hydroxylation sites is 1. The highest BCUT2D eigenvalue weighted by Gasteiger charge is 2.15. The summed E-state index contributed by atoms with van der Waals surface area (Å²) < 4.78 is 0. The molecule has 0 bridgehead atoms. The third-order valence-corrected chi connectivity index (χ3v) is 4.86. The van der Waals surface area contributed by atoms with Crippen LogP contribution in [0.25, 0.3) is 5.69 Å². The van der Waals surface area contributed by atoms with Crippen molar-refractivity contribution < 1.29 is 4.79 Å². The third kappa shape index (κ3) is 4.23. The van der Waals surface area contributed by atoms with Gasteiger partial charge in [-0.3, -0.25) is 9.69 Å². The van der Waals surface area contributed by atoms with E-state index in [9.17, 15) is 4.79 Å². The van der Waals surface area contributed by atoms with Crippen LogP contribution in [-0.4, -0.2) is 38.9 Å². The molecule has 2 aromatic carbocycles. The molecule has 1 saturated heterocycles. The molecule has 0 saturated carbocycles. The normalized spacial score (nSPS) is 14.4. The Morgan fingerprint density at radius 1 is 0.963 bits per heavy atom. The zero-order valence-electron chi connectivity index (χ0n) is 15.2. The fourth-order valence-electron chi connectivity index (χ4n) is 3.38. The molecule has 27 heavy (non-hydrogen) atoms. The van der Waals surface area contributed by atoms with Crippen molar-refractivity contribution in [2.24, 2.45) is 0 Å². The number of nitrogens with zero attached hydrogens (tertiary/aromatic N) is 4. The van der Waals surface area contributed by atoms with Crippen molar-refractivity contribution in [3.63, 3.8) is 0 Å². The van der Waals surface area contributed by atoms with Gasteiger partial charge < -0.3 is 5.32 Å². The number of likely N-dealkylation sites (tertiary alicyclic amines) is 1. The minimum absolute atomic E-state index is 0.215. The summed E-state index contributed by atoms with van der Waals surface area (Å²) in [5.41, 5.74) is 3.56. The van der Waals surface area contributed by atoms with Crippen LogP contribution < -0.4 is 5.32 Å². The molecule has 0 radical (unpaired) electrons. The van der Waals surface area contributed by atoms with E-state index in [0.29, 0.717) is 12.2 Å². The number of benzene rings is 2. The van der Waals surface area contributed by atoms with Crippen LogP contribution in [0.1, 0.15) is 34.5 Å². The predicted octanol–water partition coefficient (Wildman–Crippen LogP) is 2.79. The second-order valence-corrected chi connectivity index (χ2v) is 6.79. The van der Waals surface area contributed by atoms with E-state index in [2.05, 4.69) is 38.6 Å². The number of aromatic nitrogens is 3. The van der Waals surface area contributed by atoms with E-state index in [1.54, 1.807) is 0 Å². The second-order valence-electron chi connectivity index (χ2n) is 6.79. The van der Waals surface area contributed by atoms with Gasteiger partial charge in [-0.2, -0.15) is 9.90 Å². The quantitative estimate of drug-likeness (QED) is 0.733. The number of carbonyl (C=O) groups is 1. The molecule has 1 aliphatic heterocycles. The highest BCUT2D eigenvalue weighted by Crippen LogP contribution is 2.16. The van der Waals surface area contributed by atoms with Crippen molar-refractivity contribution in [3.8, 4) is 5.69 Å². The van der Waals surface area contributed by atoms with Crippen LogP contribution >= 0.6 is 0 Å². The van der Waals surface area contributed by atoms with E-state index >= 15 is 0 Å². The van der Waals surface area contributed by atoms with E-state index in [1.165, 1.54) is 29.4 Å². The first-order chi connectivity index (χ1) is 13.3. The Labute approximate surface area is 158 Å². The van der Waals surface area contributed by atoms with Crippen LogP contribution in [0, 0.1) is 0 Å². The van der Waals surface area contributed by atoms with Crippen molar-refractivity contribution in [1.29, 1.82) is 0 Å². The van der Waals surface area contributed by atoms with Gasteiger partial charge in [0.05, 0.1) is 11.9 Å². The molecule has 0 aliphatic carbocycles. The molecule has 1 amide bonds. The summed E-state index contributed by atoms with van der Waals surface area (Å²) in [6.45, 7) is 3.74. The van der Waals surface area contributed by atoms with Crippen LogP contribution in [0.2, 0.25) is 0 Å². The summed E-state index contributed by atoms with van der Waals surface area (Å²) in [4.78, 5) is 16.4. The van der Waals surface area contributed by atoms with Gasteiger partial charge in [-0.1, -0.05) is 42.5 Å². The van der Waals surface area contributed by atoms with Gasteiger partial charge >= 0.3 is 0 Å². The molecule has 1 N–H and O–H groups in total. The molecule has 0 unspecified atom stereocenters. The summed E-state index contributed by atoms with van der Waals surface area (Å²) in [6, 6.07) is 17.8. The molecule has 4 rings (SSSR count). The van der Waals surface area contributed by atoms with Crippen molar-refractivity contribution in [1.82, 2.24) is 25.2 Å². The van der Waals surface area contributed by atoms with Gasteiger partial charge in [0.1, 0.15) is 0 Å². The minimum Gasteiger partial charge on any atom is -0.347 e. The van der Waals surface area contributed by atoms with Crippen LogP contribution in [0.3, 0.4) is 0 Å². The van der Waals surface area contributed by atoms with Crippen molar-refractivity contribution in [2.45, 2.75) is 25.9 Å². The fourth-order valence-corrected chi connectivity index (χ4v) is 3.38. The maximum atomic E-state index is 12.5. The number of rotatable bonds is 6. The van der Waals surface area contributed by atoms with Gasteiger partial charge in [-0.15, -0.1) is 5.10 Å². The summed E-state index contributed by atoms with van der Waals surface area (Å²) in [7, 11) is 0. The molecular weight excluding hydrogens is 338 g/mol. The molecule has 138 valence electrons. The van der Waals surface area contributed by atoms with Gasteiger partial charge in [0.2, 0.25) is 0 Å². The summed E-state index contributed by atoms with van der Waals surface area (Å²) in [5.74, 6) is -0.215. The van der Waals surface area contributed by atoms with Crippen LogP contribution in [0.4, 0.5) is 0 Å². The molecular formula is C21H23N5O. The van der Waals surface area contributed by atoms with Gasteiger partial charge in [0.25, 0.3) is 5.91 Å². The van der Waals surface area contributed by atoms with Crippen LogP contribution in [0.5, 0.6) is 0 Å². The number of nitrogens with one attached hydrogen (secondary N) is 1. The fraction of sp³-hybridized carbons (Fsp3) is 0.286. The molecule has 3 aromatic rings. The van der Waals surface area contributed by atoms with Crippen molar-refractivity contribution in [2.75, 3.05) is 13.1 Å². The Kier molecular flexibility index (Phi) is 5.25. The predicted molar refractivity (Wildman–Crippen MR) is 103 cm³/mol. The van der Waals surface area contributed by atoms with E-state index in [-0.39, 0.29) is 5.91 Å². The molecule has 6 heteroatoms. The van der Waals surface area contributed by atoms with E-state index in [1.807, 2.05) is 36.4 Å². The van der Waals surface area contributed by atoms with Gasteiger partial charge in [-0.25, -0.2) is 0 Å². The first-order valence-corrected chi connectivity index (χ1v) is 9.35. The largest absolute Gasteiger partial charge is 0.347 e. The summed E-state index contributed by atoms with van der Waals surface area (Å²) >= 11 is 0. The van der Waals surface area contributed by atoms with Gasteiger partial charge in [-0.05, 0) is 49.2 Å². The highest BCUT2D eigenvalue weighted by atomic mass is 16.2. The topological polar surface area (TPSA) is 63.1 Å². The third-order valence-electron chi connectivity index (χ3n) is 4.86. The van der Waals surface area contributed by atoms with Crippen LogP contribution in [0.15, 0.2) is 60.8 Å². The van der Waals surface area contributed by atoms with E-state index in [0.717, 1.165) is 30.9 Å². The first-order valence-electron chi connectivity index (χ1n) is 9.35. The zero-order chi connectivity index (χ0) is 18.5. The zero-order valence-corrected chi connectivity index (χ0v) is 15.2. The minimum atomic E-state index is -0.215. The van der Waals surface area contributed by atoms with Crippen LogP contribution in [-0.2, 0) is 13.1 Å². The van der Waals surface area contributed by atoms with Crippen molar-refractivity contribution >= 4 is 5.91 Å². The summed E-state index contributed by atoms with van der Waals surface area (Å²) in [5, 5.41) is 11.4. The molecule has 1 aliphatic rings. The number of hydrogen-bond acceptors (Lipinski definition) is 4. The number of carbonyl (C=O) groups excluding carboxylic acids is 1.